The van der Waals surface area contributed by atoms with Crippen molar-refractivity contribution in [2.75, 3.05) is 39.9 Å². The highest BCUT2D eigenvalue weighted by atomic mass is 35.5. The van der Waals surface area contributed by atoms with Crippen LogP contribution in [0.3, 0.4) is 0 Å². The molecular formula is C15H27ClN4O4. The predicted octanol–water partition coefficient (Wildman–Crippen LogP) is 0.0151. The van der Waals surface area contributed by atoms with Crippen LogP contribution >= 0.6 is 12.4 Å². The number of carbonyl (C=O) groups excluding carboxylic acids is 3. The smallest absolute Gasteiger partial charge is 0.325 e. The molecule has 138 valence electrons. The lowest BCUT2D eigenvalue weighted by Gasteiger charge is -2.19. The second-order valence-electron chi connectivity index (χ2n) is 6.02. The van der Waals surface area contributed by atoms with E-state index in [1.165, 1.54) is 4.90 Å². The molecule has 2 rings (SSSR count). The van der Waals surface area contributed by atoms with Gasteiger partial charge in [0.05, 0.1) is 6.61 Å². The molecule has 1 spiro atoms. The molecule has 1 aliphatic carbocycles. The molecule has 1 saturated carbocycles. The Morgan fingerprint density at radius 2 is 1.96 bits per heavy atom. The fourth-order valence-electron chi connectivity index (χ4n) is 3.09. The minimum atomic E-state index is -0.696. The van der Waals surface area contributed by atoms with E-state index < -0.39 is 5.54 Å². The van der Waals surface area contributed by atoms with Gasteiger partial charge >= 0.3 is 6.03 Å². The summed E-state index contributed by atoms with van der Waals surface area (Å²) in [6.07, 6.45) is 3.45. The van der Waals surface area contributed by atoms with Crippen molar-refractivity contribution in [2.24, 2.45) is 0 Å². The molecule has 4 amide bonds. The Morgan fingerprint density at radius 1 is 1.25 bits per heavy atom. The molecule has 0 aromatic rings. The lowest BCUT2D eigenvalue weighted by molar-refractivity contribution is -0.131. The maximum absolute atomic E-state index is 12.4. The van der Waals surface area contributed by atoms with Crippen molar-refractivity contribution in [3.63, 3.8) is 0 Å². The van der Waals surface area contributed by atoms with E-state index in [0.29, 0.717) is 32.5 Å². The number of imide groups is 1. The Labute approximate surface area is 148 Å². The quantitative estimate of drug-likeness (QED) is 0.396. The highest BCUT2D eigenvalue weighted by molar-refractivity contribution is 6.07. The van der Waals surface area contributed by atoms with Crippen molar-refractivity contribution in [3.8, 4) is 0 Å². The average molecular weight is 363 g/mol. The van der Waals surface area contributed by atoms with E-state index in [9.17, 15) is 14.4 Å². The Kier molecular flexibility index (Phi) is 8.44. The molecule has 0 atom stereocenters. The van der Waals surface area contributed by atoms with Crippen LogP contribution in [0.1, 0.15) is 32.1 Å². The van der Waals surface area contributed by atoms with Gasteiger partial charge in [0.15, 0.2) is 0 Å². The molecule has 0 aromatic heterocycles. The van der Waals surface area contributed by atoms with Gasteiger partial charge in [-0.05, 0) is 12.8 Å². The third kappa shape index (κ3) is 5.06. The second-order valence-corrected chi connectivity index (χ2v) is 6.02. The van der Waals surface area contributed by atoms with Gasteiger partial charge in [-0.2, -0.15) is 0 Å². The number of halogens is 1. The van der Waals surface area contributed by atoms with Crippen molar-refractivity contribution in [1.29, 1.82) is 0 Å². The molecule has 0 bridgehead atoms. The molecule has 1 heterocycles. The molecule has 2 aliphatic rings. The first kappa shape index (κ1) is 20.7. The van der Waals surface area contributed by atoms with E-state index >= 15 is 0 Å². The molecule has 0 unspecified atom stereocenters. The number of urea groups is 1. The summed E-state index contributed by atoms with van der Waals surface area (Å²) in [5.41, 5.74) is -0.696. The maximum Gasteiger partial charge on any atom is 0.325 e. The summed E-state index contributed by atoms with van der Waals surface area (Å²) in [5.74, 6) is -0.333. The summed E-state index contributed by atoms with van der Waals surface area (Å²) >= 11 is 0. The van der Waals surface area contributed by atoms with Crippen LogP contribution in [0.4, 0.5) is 4.79 Å². The van der Waals surface area contributed by atoms with Gasteiger partial charge < -0.3 is 20.7 Å². The van der Waals surface area contributed by atoms with Crippen LogP contribution in [0.25, 0.3) is 0 Å². The van der Waals surface area contributed by atoms with E-state index in [4.69, 9.17) is 4.74 Å². The fraction of sp³-hybridized carbons (Fsp3) is 0.800. The van der Waals surface area contributed by atoms with Crippen molar-refractivity contribution >= 4 is 30.3 Å². The summed E-state index contributed by atoms with van der Waals surface area (Å²) in [4.78, 5) is 37.3. The zero-order valence-corrected chi connectivity index (χ0v) is 14.9. The first-order chi connectivity index (χ1) is 11.1. The first-order valence-electron chi connectivity index (χ1n) is 8.19. The van der Waals surface area contributed by atoms with Gasteiger partial charge in [-0.15, -0.1) is 12.4 Å². The molecule has 0 aromatic carbocycles. The molecule has 8 nitrogen and oxygen atoms in total. The Morgan fingerprint density at radius 3 is 2.62 bits per heavy atom. The van der Waals surface area contributed by atoms with E-state index in [0.717, 1.165) is 19.4 Å². The van der Waals surface area contributed by atoms with Crippen molar-refractivity contribution in [2.45, 2.75) is 37.6 Å². The number of nitrogens with zero attached hydrogens (tertiary/aromatic N) is 1. The van der Waals surface area contributed by atoms with Gasteiger partial charge in [0, 0.05) is 39.7 Å². The Bertz CT molecular complexity index is 455. The summed E-state index contributed by atoms with van der Waals surface area (Å²) in [7, 11) is 1.63. The number of rotatable bonds is 9. The Balaban J connectivity index is 0.00000288. The monoisotopic (exact) mass is 362 g/mol. The van der Waals surface area contributed by atoms with E-state index in [1.54, 1.807) is 7.11 Å². The summed E-state index contributed by atoms with van der Waals surface area (Å²) in [5, 5.41) is 8.69. The van der Waals surface area contributed by atoms with Crippen LogP contribution in [-0.2, 0) is 14.3 Å². The van der Waals surface area contributed by atoms with Crippen LogP contribution < -0.4 is 16.0 Å². The van der Waals surface area contributed by atoms with Crippen LogP contribution in [-0.4, -0.2) is 68.2 Å². The van der Waals surface area contributed by atoms with Gasteiger partial charge in [0.2, 0.25) is 5.91 Å². The Hall–Kier alpha value is -1.38. The fourth-order valence-corrected chi connectivity index (χ4v) is 3.09. The lowest BCUT2D eigenvalue weighted by Crippen LogP contribution is -2.44. The van der Waals surface area contributed by atoms with Gasteiger partial charge in [0.1, 0.15) is 5.54 Å². The largest absolute Gasteiger partial charge is 0.383 e. The zero-order valence-electron chi connectivity index (χ0n) is 14.1. The number of carbonyl (C=O) groups is 3. The standard InChI is InChI=1S/C15H26N4O4.ClH/c1-23-11-9-16-7-8-17-12(20)4-10-19-13(21)15(18-14(19)22)5-2-3-6-15;/h16H,2-11H2,1H3,(H,17,20)(H,18,22);1H. The normalized spacial score (nSPS) is 18.6. The maximum atomic E-state index is 12.4. The van der Waals surface area contributed by atoms with Gasteiger partial charge in [-0.3, -0.25) is 14.5 Å². The topological polar surface area (TPSA) is 99.8 Å². The van der Waals surface area contributed by atoms with Crippen LogP contribution in [0.2, 0.25) is 0 Å². The molecule has 9 heteroatoms. The number of hydrogen-bond acceptors (Lipinski definition) is 5. The van der Waals surface area contributed by atoms with Crippen molar-refractivity contribution in [1.82, 2.24) is 20.9 Å². The van der Waals surface area contributed by atoms with Gasteiger partial charge in [-0.1, -0.05) is 12.8 Å². The SMILES string of the molecule is COCCNCCNC(=O)CCN1C(=O)NC2(CCCC2)C1=O.Cl. The first-order valence-corrected chi connectivity index (χ1v) is 8.19. The summed E-state index contributed by atoms with van der Waals surface area (Å²) < 4.78 is 4.90. The van der Waals surface area contributed by atoms with Gasteiger partial charge in [0.25, 0.3) is 5.91 Å². The summed E-state index contributed by atoms with van der Waals surface area (Å²) in [6.45, 7) is 2.65. The molecule has 1 aliphatic heterocycles. The van der Waals surface area contributed by atoms with Crippen LogP contribution in [0.5, 0.6) is 0 Å². The molecule has 1 saturated heterocycles. The number of methoxy groups -OCH3 is 1. The molecule has 24 heavy (non-hydrogen) atoms. The number of ether oxygens (including phenoxy) is 1. The molecule has 3 N–H and O–H groups in total. The van der Waals surface area contributed by atoms with E-state index in [-0.39, 0.29) is 43.2 Å². The molecule has 2 fully saturated rings. The van der Waals surface area contributed by atoms with Crippen molar-refractivity contribution < 1.29 is 19.1 Å². The number of hydrogen-bond donors (Lipinski definition) is 3. The van der Waals surface area contributed by atoms with E-state index in [2.05, 4.69) is 16.0 Å². The zero-order chi connectivity index (χ0) is 16.7. The lowest BCUT2D eigenvalue weighted by atomic mass is 9.98. The molecular weight excluding hydrogens is 336 g/mol. The van der Waals surface area contributed by atoms with Crippen molar-refractivity contribution in [3.05, 3.63) is 0 Å². The van der Waals surface area contributed by atoms with Crippen LogP contribution in [0, 0.1) is 0 Å². The minimum absolute atomic E-state index is 0. The highest BCUT2D eigenvalue weighted by Gasteiger charge is 2.52. The molecule has 0 radical (unpaired) electrons. The average Bonchev–Trinajstić information content (AvgIpc) is 3.08. The minimum Gasteiger partial charge on any atom is -0.383 e. The third-order valence-corrected chi connectivity index (χ3v) is 4.37. The number of amides is 4. The number of nitrogens with one attached hydrogen (secondary N) is 3. The van der Waals surface area contributed by atoms with Crippen LogP contribution in [0.15, 0.2) is 0 Å². The second kappa shape index (κ2) is 9.80. The predicted molar refractivity (Wildman–Crippen MR) is 91.1 cm³/mol. The highest BCUT2D eigenvalue weighted by Crippen LogP contribution is 2.34. The van der Waals surface area contributed by atoms with Gasteiger partial charge in [-0.25, -0.2) is 4.79 Å². The third-order valence-electron chi connectivity index (χ3n) is 4.37. The summed E-state index contributed by atoms with van der Waals surface area (Å²) in [6, 6.07) is -0.370. The van der Waals surface area contributed by atoms with E-state index in [1.807, 2.05) is 0 Å².